The van der Waals surface area contributed by atoms with Crippen LogP contribution in [0.3, 0.4) is 0 Å². The molecule has 21 heavy (non-hydrogen) atoms. The Labute approximate surface area is 124 Å². The zero-order valence-corrected chi connectivity index (χ0v) is 12.1. The predicted molar refractivity (Wildman–Crippen MR) is 77.6 cm³/mol. The largest absolute Gasteiger partial charge is 0.486 e. The summed E-state index contributed by atoms with van der Waals surface area (Å²) in [5.41, 5.74) is 0.179. The fourth-order valence-electron chi connectivity index (χ4n) is 2.92. The Hall–Kier alpha value is -1.75. The lowest BCUT2D eigenvalue weighted by Gasteiger charge is -2.22. The molecule has 1 aromatic carbocycles. The molecule has 1 amide bonds. The van der Waals surface area contributed by atoms with Crippen molar-refractivity contribution in [3.05, 3.63) is 23.8 Å². The zero-order valence-electron chi connectivity index (χ0n) is 12.1. The van der Waals surface area contributed by atoms with E-state index in [-0.39, 0.29) is 12.3 Å². The maximum Gasteiger partial charge on any atom is 0.224 e. The van der Waals surface area contributed by atoms with Gasteiger partial charge in [-0.05, 0) is 30.5 Å². The van der Waals surface area contributed by atoms with Gasteiger partial charge in [-0.25, -0.2) is 0 Å². The molecule has 0 bridgehead atoms. The number of hydrogen-bond acceptors (Lipinski definition) is 4. The molecule has 0 radical (unpaired) electrons. The van der Waals surface area contributed by atoms with Crippen LogP contribution in [0.2, 0.25) is 0 Å². The number of carbonyl (C=O) groups is 1. The van der Waals surface area contributed by atoms with E-state index in [1.165, 1.54) is 0 Å². The van der Waals surface area contributed by atoms with Crippen LogP contribution in [0.5, 0.6) is 11.5 Å². The summed E-state index contributed by atoms with van der Waals surface area (Å²) in [5.74, 6) is 1.35. The van der Waals surface area contributed by atoms with Gasteiger partial charge in [-0.3, -0.25) is 4.79 Å². The Morgan fingerprint density at radius 2 is 1.90 bits per heavy atom. The number of carbonyl (C=O) groups excluding carboxylic acids is 1. The van der Waals surface area contributed by atoms with Gasteiger partial charge in [0.15, 0.2) is 11.5 Å². The normalized spacial score (nSPS) is 19.3. The lowest BCUT2D eigenvalue weighted by atomic mass is 10.0. The third kappa shape index (κ3) is 3.47. The Morgan fingerprint density at radius 1 is 1.19 bits per heavy atom. The first kappa shape index (κ1) is 14.2. The molecular weight excluding hydrogens is 270 g/mol. The van der Waals surface area contributed by atoms with Gasteiger partial charge in [0.1, 0.15) is 13.2 Å². The molecule has 3 rings (SSSR count). The highest BCUT2D eigenvalue weighted by atomic mass is 16.6. The third-order valence-electron chi connectivity index (χ3n) is 4.12. The molecule has 1 fully saturated rings. The van der Waals surface area contributed by atoms with Crippen molar-refractivity contribution in [3.8, 4) is 11.5 Å². The standard InChI is InChI=1S/C16H21NO4/c18-15(17-11-16(19)5-1-2-6-16)10-12-3-4-13-14(9-12)21-8-7-20-13/h3-4,9,19H,1-2,5-8,10-11H2,(H,17,18). The van der Waals surface area contributed by atoms with E-state index in [0.717, 1.165) is 37.0 Å². The minimum absolute atomic E-state index is 0.0768. The van der Waals surface area contributed by atoms with E-state index in [1.54, 1.807) is 0 Å². The molecule has 1 aromatic rings. The summed E-state index contributed by atoms with van der Waals surface area (Å²) in [6.07, 6.45) is 3.91. The van der Waals surface area contributed by atoms with Crippen molar-refractivity contribution in [1.82, 2.24) is 5.32 Å². The molecule has 0 aromatic heterocycles. The molecule has 0 spiro atoms. The van der Waals surface area contributed by atoms with Crippen LogP contribution in [0.1, 0.15) is 31.2 Å². The second-order valence-corrected chi connectivity index (χ2v) is 5.86. The molecule has 2 N–H and O–H groups in total. The number of benzene rings is 1. The van der Waals surface area contributed by atoms with E-state index < -0.39 is 5.60 Å². The number of rotatable bonds is 4. The monoisotopic (exact) mass is 291 g/mol. The van der Waals surface area contributed by atoms with Gasteiger partial charge < -0.3 is 19.9 Å². The number of amides is 1. The van der Waals surface area contributed by atoms with Gasteiger partial charge in [0.25, 0.3) is 0 Å². The van der Waals surface area contributed by atoms with Gasteiger partial charge >= 0.3 is 0 Å². The van der Waals surface area contributed by atoms with Gasteiger partial charge in [-0.15, -0.1) is 0 Å². The van der Waals surface area contributed by atoms with Crippen molar-refractivity contribution in [3.63, 3.8) is 0 Å². The van der Waals surface area contributed by atoms with Crippen molar-refractivity contribution >= 4 is 5.91 Å². The van der Waals surface area contributed by atoms with Crippen LogP contribution in [0, 0.1) is 0 Å². The predicted octanol–water partition coefficient (Wildman–Crippen LogP) is 1.42. The van der Waals surface area contributed by atoms with Crippen LogP contribution in [0.15, 0.2) is 18.2 Å². The molecule has 1 aliphatic carbocycles. The molecule has 0 atom stereocenters. The van der Waals surface area contributed by atoms with Crippen molar-refractivity contribution in [2.75, 3.05) is 19.8 Å². The van der Waals surface area contributed by atoms with Crippen molar-refractivity contribution in [1.29, 1.82) is 0 Å². The fraction of sp³-hybridized carbons (Fsp3) is 0.562. The highest BCUT2D eigenvalue weighted by Crippen LogP contribution is 2.31. The van der Waals surface area contributed by atoms with Crippen molar-refractivity contribution in [2.45, 2.75) is 37.7 Å². The smallest absolute Gasteiger partial charge is 0.224 e. The van der Waals surface area contributed by atoms with Gasteiger partial charge in [0.05, 0.1) is 12.0 Å². The topological polar surface area (TPSA) is 67.8 Å². The molecule has 5 nitrogen and oxygen atoms in total. The molecule has 1 saturated carbocycles. The summed E-state index contributed by atoms with van der Waals surface area (Å²) in [4.78, 5) is 12.0. The maximum absolute atomic E-state index is 12.0. The summed E-state index contributed by atoms with van der Waals surface area (Å²) < 4.78 is 11.0. The van der Waals surface area contributed by atoms with Crippen molar-refractivity contribution < 1.29 is 19.4 Å². The van der Waals surface area contributed by atoms with Gasteiger partial charge in [-0.2, -0.15) is 0 Å². The fourth-order valence-corrected chi connectivity index (χ4v) is 2.92. The van der Waals surface area contributed by atoms with Gasteiger partial charge in [0, 0.05) is 6.54 Å². The minimum atomic E-state index is -0.706. The molecule has 114 valence electrons. The van der Waals surface area contributed by atoms with E-state index in [4.69, 9.17) is 9.47 Å². The highest BCUT2D eigenvalue weighted by Gasteiger charge is 2.31. The van der Waals surface area contributed by atoms with Crippen LogP contribution in [0.4, 0.5) is 0 Å². The van der Waals surface area contributed by atoms with Crippen LogP contribution < -0.4 is 14.8 Å². The third-order valence-corrected chi connectivity index (χ3v) is 4.12. The number of nitrogens with one attached hydrogen (secondary N) is 1. The minimum Gasteiger partial charge on any atom is -0.486 e. The lowest BCUT2D eigenvalue weighted by molar-refractivity contribution is -0.121. The van der Waals surface area contributed by atoms with E-state index in [9.17, 15) is 9.90 Å². The second kappa shape index (κ2) is 5.93. The zero-order chi connectivity index (χ0) is 14.7. The van der Waals surface area contributed by atoms with E-state index in [2.05, 4.69) is 5.32 Å². The van der Waals surface area contributed by atoms with E-state index in [1.807, 2.05) is 18.2 Å². The SMILES string of the molecule is O=C(Cc1ccc2c(c1)OCCO2)NCC1(O)CCCC1. The van der Waals surface area contributed by atoms with E-state index in [0.29, 0.717) is 25.5 Å². The van der Waals surface area contributed by atoms with Crippen LogP contribution in [-0.2, 0) is 11.2 Å². The van der Waals surface area contributed by atoms with Crippen LogP contribution in [0.25, 0.3) is 0 Å². The Bertz CT molecular complexity index is 523. The summed E-state index contributed by atoms with van der Waals surface area (Å²) in [7, 11) is 0. The average molecular weight is 291 g/mol. The molecule has 0 unspecified atom stereocenters. The number of ether oxygens (including phenoxy) is 2. The first-order chi connectivity index (χ1) is 10.1. The first-order valence-electron chi connectivity index (χ1n) is 7.52. The summed E-state index contributed by atoms with van der Waals surface area (Å²) in [6, 6.07) is 5.55. The van der Waals surface area contributed by atoms with Gasteiger partial charge in [-0.1, -0.05) is 18.9 Å². The molecule has 5 heteroatoms. The summed E-state index contributed by atoms with van der Waals surface area (Å²) in [5, 5.41) is 13.0. The maximum atomic E-state index is 12.0. The lowest BCUT2D eigenvalue weighted by Crippen LogP contribution is -2.41. The molecule has 2 aliphatic rings. The number of hydrogen-bond donors (Lipinski definition) is 2. The average Bonchev–Trinajstić information content (AvgIpc) is 2.92. The van der Waals surface area contributed by atoms with Crippen LogP contribution >= 0.6 is 0 Å². The quantitative estimate of drug-likeness (QED) is 0.880. The molecule has 1 heterocycles. The Morgan fingerprint density at radius 3 is 2.67 bits per heavy atom. The van der Waals surface area contributed by atoms with Crippen molar-refractivity contribution in [2.24, 2.45) is 0 Å². The van der Waals surface area contributed by atoms with Crippen LogP contribution in [-0.4, -0.2) is 36.4 Å². The highest BCUT2D eigenvalue weighted by molar-refractivity contribution is 5.78. The second-order valence-electron chi connectivity index (χ2n) is 5.86. The number of fused-ring (bicyclic) bond motifs is 1. The van der Waals surface area contributed by atoms with E-state index >= 15 is 0 Å². The summed E-state index contributed by atoms with van der Waals surface area (Å²) in [6.45, 7) is 1.44. The first-order valence-corrected chi connectivity index (χ1v) is 7.52. The Balaban J connectivity index is 1.55. The molecular formula is C16H21NO4. The molecule has 1 aliphatic heterocycles. The number of aliphatic hydroxyl groups is 1. The molecule has 0 saturated heterocycles. The van der Waals surface area contributed by atoms with Gasteiger partial charge in [0.2, 0.25) is 5.91 Å². The summed E-state index contributed by atoms with van der Waals surface area (Å²) >= 11 is 0. The Kier molecular flexibility index (Phi) is 4.01.